The number of aliphatic hydroxyl groups excluding tert-OH is 5. The van der Waals surface area contributed by atoms with Crippen molar-refractivity contribution < 1.29 is 63.1 Å². The predicted molar refractivity (Wildman–Crippen MR) is 239 cm³/mol. The smallest absolute Gasteiger partial charge is 0.462 e. The molecule has 6 N–H and O–H groups in total. The van der Waals surface area contributed by atoms with Crippen LogP contribution in [0.5, 0.6) is 0 Å². The summed E-state index contributed by atoms with van der Waals surface area (Å²) in [6.07, 6.45) is 30.3. The number of carbonyl (C=O) groups excluding carboxylic acids is 2. The van der Waals surface area contributed by atoms with Crippen LogP contribution in [0, 0.1) is 0 Å². The molecule has 0 spiro atoms. The van der Waals surface area contributed by atoms with Gasteiger partial charge in [0.2, 0.25) is 0 Å². The first-order valence-electron chi connectivity index (χ1n) is 23.4. The Labute approximate surface area is 367 Å². The number of ether oxygens (including phenoxy) is 2. The van der Waals surface area contributed by atoms with Crippen LogP contribution in [0.15, 0.2) is 48.6 Å². The van der Waals surface area contributed by atoms with Gasteiger partial charge in [0.25, 0.3) is 0 Å². The molecule has 0 heterocycles. The van der Waals surface area contributed by atoms with E-state index in [-0.39, 0.29) is 12.8 Å². The van der Waals surface area contributed by atoms with Gasteiger partial charge in [-0.15, -0.1) is 0 Å². The number of hydrogen-bond donors (Lipinski definition) is 6. The molecular weight excluding hydrogens is 803 g/mol. The van der Waals surface area contributed by atoms with Gasteiger partial charge >= 0.3 is 19.8 Å². The summed E-state index contributed by atoms with van der Waals surface area (Å²) in [5, 5.41) is 50.1. The zero-order chi connectivity index (χ0) is 45.0. The van der Waals surface area contributed by atoms with Crippen LogP contribution in [0.2, 0.25) is 0 Å². The summed E-state index contributed by atoms with van der Waals surface area (Å²) < 4.78 is 33.5. The van der Waals surface area contributed by atoms with Crippen molar-refractivity contribution in [2.24, 2.45) is 0 Å². The summed E-state index contributed by atoms with van der Waals surface area (Å²) in [7, 11) is -5.13. The predicted octanol–water partition coefficient (Wildman–Crippen LogP) is 9.17. The summed E-state index contributed by atoms with van der Waals surface area (Å²) in [4.78, 5) is 35.7. The molecule has 1 rings (SSSR count). The molecule has 1 aliphatic rings. The average molecular weight is 887 g/mol. The van der Waals surface area contributed by atoms with Gasteiger partial charge < -0.3 is 39.9 Å². The van der Waals surface area contributed by atoms with Crippen molar-refractivity contribution in [3.05, 3.63) is 48.6 Å². The summed E-state index contributed by atoms with van der Waals surface area (Å²) in [6, 6.07) is 0. The maximum atomic E-state index is 12.8. The standard InChI is InChI=1S/C47H83O13P/c1-3-5-7-9-11-13-15-17-19-20-22-24-26-28-30-32-34-36-41(49)59-39(38-58-61(55,56)60-47-45(53)43(51)42(50)44(52)46(47)54)37-57-40(48)35-33-31-29-27-25-23-21-18-16-14-12-10-8-6-4-2/h11,13,17,19,22,24,28,30,39,42-47,50-54H,3-10,12,14-16,18,20-21,23,25-27,29,31-38H2,1-2H3,(H,55,56)/t39-,42?,43-,44?,45?,46?,47?/m1/s1. The molecule has 0 amide bonds. The van der Waals surface area contributed by atoms with Crippen LogP contribution >= 0.6 is 7.82 Å². The molecule has 0 saturated heterocycles. The topological polar surface area (TPSA) is 210 Å². The molecule has 61 heavy (non-hydrogen) atoms. The van der Waals surface area contributed by atoms with Gasteiger partial charge in [-0.05, 0) is 51.4 Å². The second kappa shape index (κ2) is 37.2. The Morgan fingerprint density at radius 1 is 0.508 bits per heavy atom. The minimum absolute atomic E-state index is 0.0213. The molecule has 0 aromatic carbocycles. The fourth-order valence-electron chi connectivity index (χ4n) is 6.87. The maximum absolute atomic E-state index is 12.8. The highest BCUT2D eigenvalue weighted by atomic mass is 31.2. The second-order valence-electron chi connectivity index (χ2n) is 16.3. The molecule has 1 saturated carbocycles. The molecule has 0 bridgehead atoms. The highest BCUT2D eigenvalue weighted by molar-refractivity contribution is 7.47. The van der Waals surface area contributed by atoms with Crippen molar-refractivity contribution in [1.29, 1.82) is 0 Å². The van der Waals surface area contributed by atoms with E-state index in [2.05, 4.69) is 50.3 Å². The van der Waals surface area contributed by atoms with Crippen molar-refractivity contribution in [2.75, 3.05) is 13.2 Å². The van der Waals surface area contributed by atoms with E-state index in [1.165, 1.54) is 89.9 Å². The van der Waals surface area contributed by atoms with Crippen LogP contribution in [0.1, 0.15) is 181 Å². The van der Waals surface area contributed by atoms with Crippen molar-refractivity contribution in [3.8, 4) is 0 Å². The number of allylic oxidation sites excluding steroid dienone is 8. The number of hydrogen-bond acceptors (Lipinski definition) is 12. The molecule has 13 nitrogen and oxygen atoms in total. The number of aliphatic hydroxyl groups is 5. The first-order chi connectivity index (χ1) is 29.4. The van der Waals surface area contributed by atoms with Gasteiger partial charge in [-0.3, -0.25) is 18.6 Å². The number of phosphoric ester groups is 1. The van der Waals surface area contributed by atoms with Crippen molar-refractivity contribution in [3.63, 3.8) is 0 Å². The summed E-state index contributed by atoms with van der Waals surface area (Å²) in [6.45, 7) is 3.23. The van der Waals surface area contributed by atoms with Crippen molar-refractivity contribution in [1.82, 2.24) is 0 Å². The Kier molecular flexibility index (Phi) is 34.7. The Morgan fingerprint density at radius 3 is 1.39 bits per heavy atom. The van der Waals surface area contributed by atoms with Gasteiger partial charge in [-0.1, -0.05) is 165 Å². The Bertz CT molecular complexity index is 1250. The summed E-state index contributed by atoms with van der Waals surface area (Å²) in [5.74, 6) is -1.16. The number of esters is 2. The van der Waals surface area contributed by atoms with E-state index >= 15 is 0 Å². The van der Waals surface area contributed by atoms with E-state index in [1.54, 1.807) is 0 Å². The number of rotatable bonds is 38. The number of carbonyl (C=O) groups is 2. The molecular formula is C47H83O13P. The zero-order valence-corrected chi connectivity index (χ0v) is 38.3. The molecule has 0 radical (unpaired) electrons. The summed E-state index contributed by atoms with van der Waals surface area (Å²) in [5.41, 5.74) is 0. The first kappa shape index (κ1) is 56.8. The molecule has 1 aliphatic carbocycles. The highest BCUT2D eigenvalue weighted by Crippen LogP contribution is 2.47. The van der Waals surface area contributed by atoms with Crippen LogP contribution in [-0.2, 0) is 32.7 Å². The van der Waals surface area contributed by atoms with Gasteiger partial charge in [0.15, 0.2) is 6.10 Å². The van der Waals surface area contributed by atoms with Crippen LogP contribution in [0.25, 0.3) is 0 Å². The third kappa shape index (κ3) is 29.7. The first-order valence-corrected chi connectivity index (χ1v) is 24.9. The lowest BCUT2D eigenvalue weighted by Crippen LogP contribution is -2.64. The minimum atomic E-state index is -5.13. The molecule has 0 aromatic heterocycles. The molecule has 6 unspecified atom stereocenters. The van der Waals surface area contributed by atoms with Gasteiger partial charge in [0.05, 0.1) is 6.61 Å². The molecule has 0 aliphatic heterocycles. The molecule has 0 aromatic rings. The molecule has 354 valence electrons. The van der Waals surface area contributed by atoms with Crippen LogP contribution in [0.4, 0.5) is 0 Å². The largest absolute Gasteiger partial charge is 0.472 e. The highest BCUT2D eigenvalue weighted by Gasteiger charge is 2.51. The monoisotopic (exact) mass is 887 g/mol. The summed E-state index contributed by atoms with van der Waals surface area (Å²) >= 11 is 0. The lowest BCUT2D eigenvalue weighted by molar-refractivity contribution is -0.220. The lowest BCUT2D eigenvalue weighted by Gasteiger charge is -2.41. The molecule has 1 fully saturated rings. The van der Waals surface area contributed by atoms with Crippen molar-refractivity contribution in [2.45, 2.75) is 224 Å². The van der Waals surface area contributed by atoms with E-state index in [0.29, 0.717) is 19.3 Å². The van der Waals surface area contributed by atoms with E-state index in [4.69, 9.17) is 18.5 Å². The third-order valence-corrected chi connectivity index (χ3v) is 11.7. The third-order valence-electron chi connectivity index (χ3n) is 10.7. The number of phosphoric acid groups is 1. The SMILES string of the molecule is CCCCCC=CCC=CCC=CCC=CCCCC(=O)O[C@H](COC(=O)CCCCCCCCCCCCCCCCC)COP(=O)(O)OC1C(O)C(O)C(O)[C@@H](O)C1O. The normalized spacial score (nSPS) is 22.4. The van der Waals surface area contributed by atoms with Gasteiger partial charge in [0.1, 0.15) is 43.2 Å². The lowest BCUT2D eigenvalue weighted by atomic mass is 9.85. The quantitative estimate of drug-likeness (QED) is 0.0148. The maximum Gasteiger partial charge on any atom is 0.472 e. The molecule has 14 heteroatoms. The van der Waals surface area contributed by atoms with Crippen LogP contribution in [0.3, 0.4) is 0 Å². The van der Waals surface area contributed by atoms with E-state index in [0.717, 1.165) is 44.9 Å². The second-order valence-corrected chi connectivity index (χ2v) is 17.7. The zero-order valence-electron chi connectivity index (χ0n) is 37.4. The van der Waals surface area contributed by atoms with Crippen molar-refractivity contribution >= 4 is 19.8 Å². The van der Waals surface area contributed by atoms with Gasteiger partial charge in [-0.25, -0.2) is 4.57 Å². The average Bonchev–Trinajstić information content (AvgIpc) is 3.24. The van der Waals surface area contributed by atoms with Crippen LogP contribution in [-0.4, -0.2) is 98.3 Å². The molecule has 8 atom stereocenters. The van der Waals surface area contributed by atoms with E-state index in [1.807, 2.05) is 12.2 Å². The Morgan fingerprint density at radius 2 is 0.902 bits per heavy atom. The van der Waals surface area contributed by atoms with E-state index in [9.17, 15) is 44.6 Å². The Balaban J connectivity index is 2.50. The fourth-order valence-corrected chi connectivity index (χ4v) is 7.84. The minimum Gasteiger partial charge on any atom is -0.462 e. The van der Waals surface area contributed by atoms with Gasteiger partial charge in [-0.2, -0.15) is 0 Å². The van der Waals surface area contributed by atoms with Crippen LogP contribution < -0.4 is 0 Å². The van der Waals surface area contributed by atoms with E-state index < -0.39 is 75.7 Å². The number of unbranched alkanes of at least 4 members (excludes halogenated alkanes) is 18. The van der Waals surface area contributed by atoms with Gasteiger partial charge in [0, 0.05) is 12.8 Å². The fraction of sp³-hybridized carbons (Fsp3) is 0.787. The Hall–Kier alpha value is -2.19.